The van der Waals surface area contributed by atoms with Crippen LogP contribution < -0.4 is 10.0 Å². The number of nitrogens with zero attached hydrogens (tertiary/aromatic N) is 1. The van der Waals surface area contributed by atoms with Gasteiger partial charge in [-0.3, -0.25) is 4.99 Å². The van der Waals surface area contributed by atoms with Crippen molar-refractivity contribution in [2.75, 3.05) is 21.0 Å². The zero-order valence-corrected chi connectivity index (χ0v) is 17.1. The van der Waals surface area contributed by atoms with Gasteiger partial charge >= 0.3 is 0 Å². The molecule has 0 fully saturated rings. The van der Waals surface area contributed by atoms with Crippen LogP contribution in [-0.2, 0) is 9.89 Å². The van der Waals surface area contributed by atoms with Crippen LogP contribution in [0.1, 0.15) is 31.4 Å². The summed E-state index contributed by atoms with van der Waals surface area (Å²) < 4.78 is 10.9. The van der Waals surface area contributed by atoms with Crippen LogP contribution in [0, 0.1) is 0 Å². The summed E-state index contributed by atoms with van der Waals surface area (Å²) in [6.45, 7) is 4.74. The van der Waals surface area contributed by atoms with Crippen molar-refractivity contribution in [2.45, 2.75) is 30.3 Å². The number of benzene rings is 2. The molecule has 0 heterocycles. The van der Waals surface area contributed by atoms with Gasteiger partial charge in [0.2, 0.25) is 0 Å². The minimum Gasteiger partial charge on any atom is -0.467 e. The molecule has 0 saturated carbocycles. The predicted octanol–water partition coefficient (Wildman–Crippen LogP) is 4.64. The Morgan fingerprint density at radius 1 is 1.24 bits per heavy atom. The summed E-state index contributed by atoms with van der Waals surface area (Å²) in [5, 5.41) is 1.25. The highest BCUT2D eigenvalue weighted by molar-refractivity contribution is 7.80. The number of aliphatic imine (C=N–C) groups is 1. The van der Waals surface area contributed by atoms with Crippen molar-refractivity contribution in [1.29, 1.82) is 0 Å². The first-order valence-corrected chi connectivity index (χ1v) is 9.73. The lowest BCUT2D eigenvalue weighted by Crippen LogP contribution is -2.21. The Bertz CT molecular complexity index is 735. The van der Waals surface area contributed by atoms with E-state index in [1.165, 1.54) is 16.4 Å². The van der Waals surface area contributed by atoms with Gasteiger partial charge in [0.15, 0.2) is 6.79 Å². The second kappa shape index (κ2) is 9.38. The van der Waals surface area contributed by atoms with Gasteiger partial charge in [0.1, 0.15) is 5.75 Å². The van der Waals surface area contributed by atoms with Crippen molar-refractivity contribution in [3.05, 3.63) is 53.6 Å². The summed E-state index contributed by atoms with van der Waals surface area (Å²) in [5.74, 6) is 0.859. The normalized spacial score (nSPS) is 14.3. The van der Waals surface area contributed by atoms with Crippen molar-refractivity contribution >= 4 is 32.7 Å². The van der Waals surface area contributed by atoms with Crippen molar-refractivity contribution in [3.63, 3.8) is 0 Å². The van der Waals surface area contributed by atoms with Crippen LogP contribution in [0.5, 0.6) is 5.75 Å². The molecule has 0 aromatic heterocycles. The van der Waals surface area contributed by atoms with Gasteiger partial charge in [0, 0.05) is 36.0 Å². The molecule has 0 aliphatic rings. The van der Waals surface area contributed by atoms with Crippen molar-refractivity contribution in [2.24, 2.45) is 4.99 Å². The molecule has 0 aliphatic carbocycles. The maximum atomic E-state index is 5.83. The Hall–Kier alpha value is -1.35. The average Bonchev–Trinajstić information content (AvgIpc) is 2.62. The summed E-state index contributed by atoms with van der Waals surface area (Å²) in [4.78, 5) is 5.13. The SMILES string of the molecule is CCC(C)(Pc1ccccc1C=NC)c1cc(S)ccc1OCOC. The molecule has 2 aromatic rings. The van der Waals surface area contributed by atoms with E-state index in [-0.39, 0.29) is 11.9 Å². The molecular weight excluding hydrogens is 349 g/mol. The van der Waals surface area contributed by atoms with Crippen LogP contribution in [0.2, 0.25) is 0 Å². The molecule has 2 unspecified atom stereocenters. The molecule has 2 rings (SSSR count). The van der Waals surface area contributed by atoms with Gasteiger partial charge in [0.25, 0.3) is 0 Å². The Morgan fingerprint density at radius 2 is 2.00 bits per heavy atom. The summed E-state index contributed by atoms with van der Waals surface area (Å²) in [7, 11) is 4.02. The Balaban J connectivity index is 2.45. The highest BCUT2D eigenvalue weighted by atomic mass is 32.1. The summed E-state index contributed by atoms with van der Waals surface area (Å²) in [6, 6.07) is 14.5. The molecule has 3 nitrogen and oxygen atoms in total. The molecule has 0 bridgehead atoms. The van der Waals surface area contributed by atoms with Crippen molar-refractivity contribution in [1.82, 2.24) is 0 Å². The van der Waals surface area contributed by atoms with E-state index in [2.05, 4.69) is 61.8 Å². The number of rotatable bonds is 8. The number of thiol groups is 1. The summed E-state index contributed by atoms with van der Waals surface area (Å²) >= 11 is 4.54. The predicted molar refractivity (Wildman–Crippen MR) is 112 cm³/mol. The van der Waals surface area contributed by atoms with Crippen LogP contribution in [0.3, 0.4) is 0 Å². The van der Waals surface area contributed by atoms with Gasteiger partial charge in [-0.15, -0.1) is 12.6 Å². The van der Waals surface area contributed by atoms with Crippen LogP contribution >= 0.6 is 21.2 Å². The molecule has 2 atom stereocenters. The van der Waals surface area contributed by atoms with Crippen LogP contribution in [0.4, 0.5) is 0 Å². The zero-order valence-electron chi connectivity index (χ0n) is 15.2. The molecule has 0 radical (unpaired) electrons. The maximum absolute atomic E-state index is 5.83. The van der Waals surface area contributed by atoms with E-state index in [4.69, 9.17) is 9.47 Å². The fraction of sp³-hybridized carbons (Fsp3) is 0.350. The second-order valence-corrected chi connectivity index (χ2v) is 8.43. The second-order valence-electron chi connectivity index (χ2n) is 6.02. The smallest absolute Gasteiger partial charge is 0.188 e. The molecule has 2 aromatic carbocycles. The van der Waals surface area contributed by atoms with E-state index >= 15 is 0 Å². The quantitative estimate of drug-likeness (QED) is 0.315. The van der Waals surface area contributed by atoms with Gasteiger partial charge in [0.05, 0.1) is 0 Å². The third-order valence-electron chi connectivity index (χ3n) is 4.24. The van der Waals surface area contributed by atoms with E-state index in [9.17, 15) is 0 Å². The number of hydrogen-bond donors (Lipinski definition) is 1. The molecule has 0 N–H and O–H groups in total. The van der Waals surface area contributed by atoms with E-state index in [1.54, 1.807) is 14.2 Å². The number of methoxy groups -OCH3 is 1. The highest BCUT2D eigenvalue weighted by Crippen LogP contribution is 2.48. The van der Waals surface area contributed by atoms with Crippen molar-refractivity contribution < 1.29 is 9.47 Å². The summed E-state index contributed by atoms with van der Waals surface area (Å²) in [5.41, 5.74) is 2.34. The Labute approximate surface area is 158 Å². The number of hydrogen-bond acceptors (Lipinski definition) is 4. The molecule has 0 aliphatic heterocycles. The summed E-state index contributed by atoms with van der Waals surface area (Å²) in [6.07, 6.45) is 2.92. The molecule has 0 spiro atoms. The topological polar surface area (TPSA) is 30.8 Å². The lowest BCUT2D eigenvalue weighted by Gasteiger charge is -2.31. The highest BCUT2D eigenvalue weighted by Gasteiger charge is 2.29. The molecule has 0 amide bonds. The monoisotopic (exact) mass is 375 g/mol. The van der Waals surface area contributed by atoms with Gasteiger partial charge < -0.3 is 9.47 Å². The van der Waals surface area contributed by atoms with Gasteiger partial charge in [-0.25, -0.2) is 0 Å². The average molecular weight is 375 g/mol. The van der Waals surface area contributed by atoms with Crippen LogP contribution in [-0.4, -0.2) is 27.2 Å². The molecule has 5 heteroatoms. The minimum atomic E-state index is -0.0561. The standard InChI is InChI=1S/C20H26NO2PS/c1-5-20(2,24-19-9-7-6-8-15(19)13-21-3)17-12-16(25)10-11-18(17)23-14-22-4/h6-13,24-25H,5,14H2,1-4H3. The maximum Gasteiger partial charge on any atom is 0.188 e. The minimum absolute atomic E-state index is 0.0561. The first kappa shape index (κ1) is 20.0. The fourth-order valence-electron chi connectivity index (χ4n) is 2.70. The molecule has 134 valence electrons. The lowest BCUT2D eigenvalue weighted by molar-refractivity contribution is 0.0500. The third kappa shape index (κ3) is 5.07. The van der Waals surface area contributed by atoms with Gasteiger partial charge in [-0.1, -0.05) is 46.7 Å². The molecule has 0 saturated heterocycles. The zero-order chi connectivity index (χ0) is 18.3. The first-order valence-electron chi connectivity index (χ1n) is 8.28. The van der Waals surface area contributed by atoms with Crippen molar-refractivity contribution in [3.8, 4) is 5.75 Å². The van der Waals surface area contributed by atoms with Crippen LogP contribution in [0.25, 0.3) is 0 Å². The lowest BCUT2D eigenvalue weighted by atomic mass is 9.96. The fourth-order valence-corrected chi connectivity index (χ4v) is 4.48. The van der Waals surface area contributed by atoms with E-state index in [0.717, 1.165) is 17.1 Å². The third-order valence-corrected chi connectivity index (χ3v) is 6.41. The van der Waals surface area contributed by atoms with E-state index in [1.807, 2.05) is 18.3 Å². The first-order chi connectivity index (χ1) is 12.0. The van der Waals surface area contributed by atoms with E-state index in [0.29, 0.717) is 8.58 Å². The largest absolute Gasteiger partial charge is 0.467 e. The van der Waals surface area contributed by atoms with Crippen LogP contribution in [0.15, 0.2) is 52.4 Å². The van der Waals surface area contributed by atoms with E-state index < -0.39 is 0 Å². The molecular formula is C20H26NO2PS. The number of ether oxygens (including phenoxy) is 2. The van der Waals surface area contributed by atoms with Gasteiger partial charge in [-0.2, -0.15) is 0 Å². The molecule has 25 heavy (non-hydrogen) atoms. The Kier molecular flexibility index (Phi) is 7.49. The van der Waals surface area contributed by atoms with Gasteiger partial charge in [-0.05, 0) is 35.5 Å². The Morgan fingerprint density at radius 3 is 2.68 bits per heavy atom.